The molecular weight excluding hydrogens is 212 g/mol. The summed E-state index contributed by atoms with van der Waals surface area (Å²) in [6.45, 7) is 1.43. The van der Waals surface area contributed by atoms with Gasteiger partial charge in [-0.15, -0.1) is 0 Å². The van der Waals surface area contributed by atoms with Crippen LogP contribution >= 0.6 is 0 Å². The summed E-state index contributed by atoms with van der Waals surface area (Å²) in [6.07, 6.45) is 1.91. The quantitative estimate of drug-likeness (QED) is 0.798. The maximum absolute atomic E-state index is 10.7. The summed E-state index contributed by atoms with van der Waals surface area (Å²) in [5, 5.41) is 8.73. The van der Waals surface area contributed by atoms with Crippen molar-refractivity contribution in [3.05, 3.63) is 12.7 Å². The van der Waals surface area contributed by atoms with Crippen molar-refractivity contribution in [2.45, 2.75) is 13.0 Å². The highest BCUT2D eigenvalue weighted by Gasteiger charge is 2.17. The largest absolute Gasteiger partial charge is 0.479 e. The highest BCUT2D eigenvalue weighted by molar-refractivity contribution is 5.77. The molecule has 1 N–H and O–H groups in total. The van der Waals surface area contributed by atoms with E-state index in [1.54, 1.807) is 17.9 Å². The van der Waals surface area contributed by atoms with Crippen LogP contribution < -0.4 is 4.74 Å². The van der Waals surface area contributed by atoms with Crippen LogP contribution in [0.2, 0.25) is 0 Å². The highest BCUT2D eigenvalue weighted by Crippen LogP contribution is 2.19. The molecule has 0 fully saturated rings. The van der Waals surface area contributed by atoms with Gasteiger partial charge in [0, 0.05) is 7.05 Å². The summed E-state index contributed by atoms with van der Waals surface area (Å²) in [5.74, 6) is -0.872. The minimum atomic E-state index is -1.05. The first-order valence-electron chi connectivity index (χ1n) is 4.61. The number of carboxylic acid groups (broad SMARTS) is 1. The Kier molecular flexibility index (Phi) is 2.43. The molecule has 0 aliphatic heterocycles. The standard InChI is InChI=1S/C9H10N4O3/c1-5(9(14)15)16-8-6-7(10-3-11-8)13(2)4-12-6/h3-5H,1-2H3,(H,14,15). The summed E-state index contributed by atoms with van der Waals surface area (Å²) in [4.78, 5) is 22.6. The second kappa shape index (κ2) is 3.76. The van der Waals surface area contributed by atoms with Gasteiger partial charge in [-0.05, 0) is 6.92 Å². The van der Waals surface area contributed by atoms with Crippen LogP contribution in [0, 0.1) is 0 Å². The fourth-order valence-corrected chi connectivity index (χ4v) is 1.23. The molecule has 0 spiro atoms. The summed E-state index contributed by atoms with van der Waals surface area (Å²) >= 11 is 0. The average molecular weight is 222 g/mol. The van der Waals surface area contributed by atoms with Crippen molar-refractivity contribution in [2.24, 2.45) is 7.05 Å². The zero-order chi connectivity index (χ0) is 11.7. The lowest BCUT2D eigenvalue weighted by atomic mass is 10.4. The van der Waals surface area contributed by atoms with E-state index in [-0.39, 0.29) is 5.88 Å². The van der Waals surface area contributed by atoms with E-state index in [1.807, 2.05) is 0 Å². The fourth-order valence-electron chi connectivity index (χ4n) is 1.23. The Hall–Kier alpha value is -2.18. The number of ether oxygens (including phenoxy) is 1. The van der Waals surface area contributed by atoms with Crippen molar-refractivity contribution in [2.75, 3.05) is 0 Å². The fraction of sp³-hybridized carbons (Fsp3) is 0.333. The molecule has 0 amide bonds. The average Bonchev–Trinajstić information content (AvgIpc) is 2.62. The van der Waals surface area contributed by atoms with Crippen LogP contribution in [-0.2, 0) is 11.8 Å². The molecule has 7 nitrogen and oxygen atoms in total. The van der Waals surface area contributed by atoms with Crippen molar-refractivity contribution < 1.29 is 14.6 Å². The molecule has 2 rings (SSSR count). The molecule has 1 unspecified atom stereocenters. The molecule has 0 bridgehead atoms. The molecule has 1 atom stereocenters. The van der Waals surface area contributed by atoms with Crippen molar-refractivity contribution in [3.63, 3.8) is 0 Å². The lowest BCUT2D eigenvalue weighted by Crippen LogP contribution is -2.23. The van der Waals surface area contributed by atoms with Crippen LogP contribution in [0.1, 0.15) is 6.92 Å². The van der Waals surface area contributed by atoms with Gasteiger partial charge in [-0.25, -0.2) is 14.8 Å². The lowest BCUT2D eigenvalue weighted by Gasteiger charge is -2.08. The minimum absolute atomic E-state index is 0.181. The van der Waals surface area contributed by atoms with Crippen LogP contribution in [0.5, 0.6) is 5.88 Å². The van der Waals surface area contributed by atoms with E-state index in [9.17, 15) is 4.79 Å². The number of aromatic nitrogens is 4. The predicted octanol–water partition coefficient (Wildman–Crippen LogP) is 0.215. The van der Waals surface area contributed by atoms with Gasteiger partial charge in [0.1, 0.15) is 6.33 Å². The molecule has 0 saturated carbocycles. The molecule has 2 aromatic heterocycles. The number of fused-ring (bicyclic) bond motifs is 1. The molecule has 0 aromatic carbocycles. The van der Waals surface area contributed by atoms with Gasteiger partial charge >= 0.3 is 5.97 Å². The first-order chi connectivity index (χ1) is 7.59. The Balaban J connectivity index is 2.41. The minimum Gasteiger partial charge on any atom is -0.479 e. The van der Waals surface area contributed by atoms with E-state index in [0.29, 0.717) is 11.2 Å². The number of nitrogens with zero attached hydrogens (tertiary/aromatic N) is 4. The van der Waals surface area contributed by atoms with Crippen LogP contribution in [0.3, 0.4) is 0 Å². The number of hydrogen-bond donors (Lipinski definition) is 1. The smallest absolute Gasteiger partial charge is 0.344 e. The summed E-state index contributed by atoms with van der Waals surface area (Å²) < 4.78 is 6.88. The summed E-state index contributed by atoms with van der Waals surface area (Å²) in [5.41, 5.74) is 1.06. The predicted molar refractivity (Wildman–Crippen MR) is 54.0 cm³/mol. The van der Waals surface area contributed by atoms with Crippen LogP contribution in [-0.4, -0.2) is 36.7 Å². The van der Waals surface area contributed by atoms with E-state index in [1.165, 1.54) is 13.3 Å². The zero-order valence-corrected chi connectivity index (χ0v) is 8.78. The molecule has 0 aliphatic carbocycles. The van der Waals surface area contributed by atoms with E-state index >= 15 is 0 Å². The third-order valence-electron chi connectivity index (χ3n) is 2.10. The van der Waals surface area contributed by atoms with Crippen molar-refractivity contribution >= 4 is 17.1 Å². The van der Waals surface area contributed by atoms with Crippen LogP contribution in [0.4, 0.5) is 0 Å². The number of imidazole rings is 1. The topological polar surface area (TPSA) is 90.1 Å². The van der Waals surface area contributed by atoms with Crippen LogP contribution in [0.25, 0.3) is 11.2 Å². The molecule has 0 aliphatic rings. The Morgan fingerprint density at radius 2 is 2.25 bits per heavy atom. The number of carbonyl (C=O) groups is 1. The molecular formula is C9H10N4O3. The Morgan fingerprint density at radius 3 is 2.94 bits per heavy atom. The maximum atomic E-state index is 10.7. The van der Waals surface area contributed by atoms with E-state index in [0.717, 1.165) is 0 Å². The van der Waals surface area contributed by atoms with Gasteiger partial charge in [0.25, 0.3) is 0 Å². The number of carboxylic acids is 1. The molecule has 16 heavy (non-hydrogen) atoms. The molecule has 0 saturated heterocycles. The van der Waals surface area contributed by atoms with Gasteiger partial charge in [0.15, 0.2) is 17.3 Å². The Bertz CT molecular complexity index is 537. The van der Waals surface area contributed by atoms with Gasteiger partial charge in [-0.2, -0.15) is 4.98 Å². The van der Waals surface area contributed by atoms with Crippen LogP contribution in [0.15, 0.2) is 12.7 Å². The third kappa shape index (κ3) is 1.67. The second-order valence-corrected chi connectivity index (χ2v) is 3.30. The first-order valence-corrected chi connectivity index (χ1v) is 4.61. The lowest BCUT2D eigenvalue weighted by molar-refractivity contribution is -0.144. The third-order valence-corrected chi connectivity index (χ3v) is 2.10. The van der Waals surface area contributed by atoms with E-state index in [2.05, 4.69) is 15.0 Å². The normalized spacial score (nSPS) is 12.6. The molecule has 2 heterocycles. The zero-order valence-electron chi connectivity index (χ0n) is 8.78. The number of rotatable bonds is 3. The van der Waals surface area contributed by atoms with Crippen molar-refractivity contribution in [1.29, 1.82) is 0 Å². The second-order valence-electron chi connectivity index (χ2n) is 3.30. The van der Waals surface area contributed by atoms with E-state index < -0.39 is 12.1 Å². The highest BCUT2D eigenvalue weighted by atomic mass is 16.5. The van der Waals surface area contributed by atoms with Gasteiger partial charge in [-0.1, -0.05) is 0 Å². The molecule has 84 valence electrons. The number of hydrogen-bond acceptors (Lipinski definition) is 5. The monoisotopic (exact) mass is 222 g/mol. The van der Waals surface area contributed by atoms with Gasteiger partial charge < -0.3 is 14.4 Å². The summed E-state index contributed by atoms with van der Waals surface area (Å²) in [6, 6.07) is 0. The maximum Gasteiger partial charge on any atom is 0.344 e. The molecule has 0 radical (unpaired) electrons. The Labute approximate surface area is 90.7 Å². The Morgan fingerprint density at radius 1 is 1.50 bits per heavy atom. The van der Waals surface area contributed by atoms with Crippen molar-refractivity contribution in [3.8, 4) is 5.88 Å². The van der Waals surface area contributed by atoms with E-state index in [4.69, 9.17) is 9.84 Å². The summed E-state index contributed by atoms with van der Waals surface area (Å²) in [7, 11) is 1.78. The van der Waals surface area contributed by atoms with Crippen molar-refractivity contribution in [1.82, 2.24) is 19.5 Å². The first kappa shape index (κ1) is 10.3. The molecule has 7 heteroatoms. The number of aliphatic carboxylic acids is 1. The SMILES string of the molecule is CC(Oc1ncnc2c1ncn2C)C(=O)O. The van der Waals surface area contributed by atoms with Gasteiger partial charge in [0.05, 0.1) is 6.33 Å². The van der Waals surface area contributed by atoms with Gasteiger partial charge in [0.2, 0.25) is 5.88 Å². The van der Waals surface area contributed by atoms with Gasteiger partial charge in [-0.3, -0.25) is 0 Å². The number of aryl methyl sites for hydroxylation is 1. The molecule has 2 aromatic rings.